The molecular formula is C18H23BrFN5O. The molecule has 0 fully saturated rings. The molecule has 0 saturated carbocycles. The molecule has 0 radical (unpaired) electrons. The van der Waals surface area contributed by atoms with Gasteiger partial charge in [0.2, 0.25) is 5.91 Å². The van der Waals surface area contributed by atoms with Gasteiger partial charge < -0.3 is 20.1 Å². The van der Waals surface area contributed by atoms with Gasteiger partial charge in [-0.2, -0.15) is 0 Å². The maximum Gasteiger partial charge on any atom is 0.246 e. The van der Waals surface area contributed by atoms with Crippen LogP contribution in [0.1, 0.15) is 12.6 Å². The second-order valence-corrected chi connectivity index (χ2v) is 6.76. The van der Waals surface area contributed by atoms with Crippen LogP contribution in [0.5, 0.6) is 0 Å². The second kappa shape index (κ2) is 9.38. The van der Waals surface area contributed by atoms with Gasteiger partial charge in [-0.3, -0.25) is 4.79 Å². The van der Waals surface area contributed by atoms with Crippen LogP contribution in [0.15, 0.2) is 46.0 Å². The molecule has 0 aliphatic heterocycles. The molecule has 0 bridgehead atoms. The van der Waals surface area contributed by atoms with E-state index in [0.717, 1.165) is 10.2 Å². The van der Waals surface area contributed by atoms with Crippen molar-refractivity contribution in [3.8, 4) is 0 Å². The van der Waals surface area contributed by atoms with Crippen LogP contribution in [0.3, 0.4) is 0 Å². The van der Waals surface area contributed by atoms with Crippen LogP contribution in [-0.2, 0) is 18.4 Å². The van der Waals surface area contributed by atoms with Crippen LogP contribution in [-0.4, -0.2) is 41.5 Å². The van der Waals surface area contributed by atoms with Crippen molar-refractivity contribution in [2.75, 3.05) is 25.5 Å². The Bertz CT molecular complexity index is 790. The van der Waals surface area contributed by atoms with E-state index in [1.165, 1.54) is 12.1 Å². The summed E-state index contributed by atoms with van der Waals surface area (Å²) in [5.74, 6) is -0.0756. The smallest absolute Gasteiger partial charge is 0.246 e. The fourth-order valence-corrected chi connectivity index (χ4v) is 3.00. The third-order valence-electron chi connectivity index (χ3n) is 3.65. The Morgan fingerprint density at radius 1 is 1.38 bits per heavy atom. The molecule has 0 saturated heterocycles. The summed E-state index contributed by atoms with van der Waals surface area (Å²) >= 11 is 3.46. The van der Waals surface area contributed by atoms with Gasteiger partial charge in [-0.1, -0.05) is 6.07 Å². The average Bonchev–Trinajstić information content (AvgIpc) is 2.88. The van der Waals surface area contributed by atoms with E-state index in [1.807, 2.05) is 42.7 Å². The monoisotopic (exact) mass is 423 g/mol. The van der Waals surface area contributed by atoms with E-state index in [2.05, 4.69) is 31.6 Å². The average molecular weight is 424 g/mol. The first-order valence-corrected chi connectivity index (χ1v) is 9.04. The van der Waals surface area contributed by atoms with E-state index < -0.39 is 5.82 Å². The number of nitrogens with one attached hydrogen (secondary N) is 2. The van der Waals surface area contributed by atoms with Gasteiger partial charge in [0.1, 0.15) is 12.4 Å². The van der Waals surface area contributed by atoms with Crippen molar-refractivity contribution >= 4 is 33.5 Å². The normalized spacial score (nSPS) is 11.3. The zero-order valence-electron chi connectivity index (χ0n) is 15.1. The van der Waals surface area contributed by atoms with Gasteiger partial charge in [0.05, 0.1) is 6.54 Å². The predicted molar refractivity (Wildman–Crippen MR) is 106 cm³/mol. The number of benzene rings is 1. The maximum absolute atomic E-state index is 13.2. The lowest BCUT2D eigenvalue weighted by molar-refractivity contribution is -0.114. The van der Waals surface area contributed by atoms with Crippen molar-refractivity contribution in [1.29, 1.82) is 0 Å². The van der Waals surface area contributed by atoms with E-state index in [-0.39, 0.29) is 12.5 Å². The van der Waals surface area contributed by atoms with Crippen molar-refractivity contribution in [3.05, 3.63) is 52.5 Å². The van der Waals surface area contributed by atoms with E-state index in [4.69, 9.17) is 0 Å². The lowest BCUT2D eigenvalue weighted by Gasteiger charge is -2.22. The second-order valence-electron chi connectivity index (χ2n) is 5.85. The number of carbonyl (C=O) groups excluding carboxylic acids is 1. The summed E-state index contributed by atoms with van der Waals surface area (Å²) in [6.45, 7) is 3.24. The first kappa shape index (κ1) is 20.0. The number of halogens is 2. The fourth-order valence-electron chi connectivity index (χ4n) is 2.42. The third kappa shape index (κ3) is 5.87. The Morgan fingerprint density at radius 3 is 2.77 bits per heavy atom. The van der Waals surface area contributed by atoms with Crippen LogP contribution in [0.25, 0.3) is 0 Å². The molecule has 1 aromatic carbocycles. The van der Waals surface area contributed by atoms with Crippen LogP contribution in [0.4, 0.5) is 10.1 Å². The summed E-state index contributed by atoms with van der Waals surface area (Å²) in [6.07, 6.45) is 1.99. The van der Waals surface area contributed by atoms with E-state index in [0.29, 0.717) is 24.7 Å². The highest BCUT2D eigenvalue weighted by atomic mass is 79.9. The summed E-state index contributed by atoms with van der Waals surface area (Å²) in [7, 11) is 3.89. The molecule has 0 aliphatic carbocycles. The first-order chi connectivity index (χ1) is 12.4. The minimum absolute atomic E-state index is 0.0555. The van der Waals surface area contributed by atoms with Crippen molar-refractivity contribution in [2.45, 2.75) is 13.5 Å². The van der Waals surface area contributed by atoms with Crippen LogP contribution in [0.2, 0.25) is 0 Å². The zero-order chi connectivity index (χ0) is 19.1. The molecule has 0 aliphatic rings. The molecule has 1 amide bonds. The minimum atomic E-state index is -0.395. The number of aliphatic imine (C=N–C) groups is 1. The summed E-state index contributed by atoms with van der Waals surface area (Å²) in [5.41, 5.74) is 1.52. The molecule has 2 rings (SSSR count). The highest BCUT2D eigenvalue weighted by Gasteiger charge is 2.11. The number of aryl methyl sites for hydroxylation is 1. The summed E-state index contributed by atoms with van der Waals surface area (Å²) in [5, 5.41) is 5.81. The Kier molecular flexibility index (Phi) is 7.20. The predicted octanol–water partition coefficient (Wildman–Crippen LogP) is 2.96. The Morgan fingerprint density at radius 2 is 2.15 bits per heavy atom. The molecule has 6 nitrogen and oxygen atoms in total. The van der Waals surface area contributed by atoms with Crippen molar-refractivity contribution < 1.29 is 9.18 Å². The molecule has 140 valence electrons. The van der Waals surface area contributed by atoms with E-state index in [1.54, 1.807) is 12.1 Å². The Balaban J connectivity index is 2.00. The van der Waals surface area contributed by atoms with Crippen molar-refractivity contribution in [3.63, 3.8) is 0 Å². The number of rotatable bonds is 6. The Hall–Kier alpha value is -2.35. The van der Waals surface area contributed by atoms with Crippen LogP contribution < -0.4 is 10.6 Å². The maximum atomic E-state index is 13.2. The lowest BCUT2D eigenvalue weighted by atomic mass is 10.3. The molecule has 0 spiro atoms. The summed E-state index contributed by atoms with van der Waals surface area (Å²) in [6, 6.07) is 7.82. The number of hydrogen-bond acceptors (Lipinski definition) is 2. The fraction of sp³-hybridized carbons (Fsp3) is 0.333. The van der Waals surface area contributed by atoms with Crippen LogP contribution >= 0.6 is 15.9 Å². The highest BCUT2D eigenvalue weighted by molar-refractivity contribution is 9.10. The highest BCUT2D eigenvalue weighted by Crippen LogP contribution is 2.15. The van der Waals surface area contributed by atoms with Crippen molar-refractivity contribution in [1.82, 2.24) is 14.8 Å². The summed E-state index contributed by atoms with van der Waals surface area (Å²) < 4.78 is 16.2. The van der Waals surface area contributed by atoms with E-state index in [9.17, 15) is 9.18 Å². The third-order valence-corrected chi connectivity index (χ3v) is 4.08. The number of guanidine groups is 1. The van der Waals surface area contributed by atoms with Gasteiger partial charge in [-0.25, -0.2) is 9.38 Å². The number of anilines is 1. The number of carbonyl (C=O) groups is 1. The Labute approximate surface area is 161 Å². The molecule has 1 aromatic heterocycles. The first-order valence-electron chi connectivity index (χ1n) is 8.24. The molecule has 0 unspecified atom stereocenters. The molecule has 2 aromatic rings. The van der Waals surface area contributed by atoms with Crippen molar-refractivity contribution in [2.24, 2.45) is 12.0 Å². The molecular weight excluding hydrogens is 401 g/mol. The molecule has 1 heterocycles. The van der Waals surface area contributed by atoms with Gasteiger partial charge in [0, 0.05) is 42.7 Å². The molecule has 26 heavy (non-hydrogen) atoms. The molecule has 0 atom stereocenters. The standard InChI is InChI=1S/C18H23BrFN5O/c1-4-21-18(25(3)12-16-8-13(19)11-24(16)2)22-10-17(26)23-15-7-5-6-14(20)9-15/h5-9,11H,4,10,12H2,1-3H3,(H,21,22)(H,23,26). The van der Waals surface area contributed by atoms with E-state index >= 15 is 0 Å². The lowest BCUT2D eigenvalue weighted by Crippen LogP contribution is -2.39. The van der Waals surface area contributed by atoms with Gasteiger partial charge in [0.15, 0.2) is 5.96 Å². The molecule has 8 heteroatoms. The quantitative estimate of drug-likeness (QED) is 0.554. The van der Waals surface area contributed by atoms with Gasteiger partial charge in [-0.15, -0.1) is 0 Å². The van der Waals surface area contributed by atoms with Gasteiger partial charge >= 0.3 is 0 Å². The zero-order valence-corrected chi connectivity index (χ0v) is 16.7. The number of aromatic nitrogens is 1. The van der Waals surface area contributed by atoms with Crippen LogP contribution in [0, 0.1) is 5.82 Å². The topological polar surface area (TPSA) is 61.7 Å². The largest absolute Gasteiger partial charge is 0.357 e. The minimum Gasteiger partial charge on any atom is -0.357 e. The van der Waals surface area contributed by atoms with Gasteiger partial charge in [0.25, 0.3) is 0 Å². The van der Waals surface area contributed by atoms with Gasteiger partial charge in [-0.05, 0) is 47.1 Å². The number of amides is 1. The molecule has 2 N–H and O–H groups in total. The SMILES string of the molecule is CCNC(=NCC(=O)Nc1cccc(F)c1)N(C)Cc1cc(Br)cn1C. The summed E-state index contributed by atoms with van der Waals surface area (Å²) in [4.78, 5) is 18.4. The number of nitrogens with zero attached hydrogens (tertiary/aromatic N) is 3. The number of hydrogen-bond donors (Lipinski definition) is 2.